The van der Waals surface area contributed by atoms with E-state index in [9.17, 15) is 14.4 Å². The molecule has 0 spiro atoms. The molecule has 2 fully saturated rings. The number of nitrogens with one attached hydrogen (secondary N) is 1. The number of esters is 1. The monoisotopic (exact) mass is 369 g/mol. The predicted molar refractivity (Wildman–Crippen MR) is 95.3 cm³/mol. The maximum absolute atomic E-state index is 12.3. The molecule has 148 valence electrons. The lowest BCUT2D eigenvalue weighted by Gasteiger charge is -2.40. The van der Waals surface area contributed by atoms with Crippen LogP contribution in [0.15, 0.2) is 0 Å². The van der Waals surface area contributed by atoms with Crippen molar-refractivity contribution in [3.05, 3.63) is 0 Å². The zero-order valence-electron chi connectivity index (χ0n) is 16.1. The van der Waals surface area contributed by atoms with E-state index in [-0.39, 0.29) is 30.4 Å². The van der Waals surface area contributed by atoms with Crippen LogP contribution in [0.2, 0.25) is 0 Å². The summed E-state index contributed by atoms with van der Waals surface area (Å²) in [6, 6.07) is -0.833. The van der Waals surface area contributed by atoms with Crippen LogP contribution < -0.4 is 11.1 Å². The van der Waals surface area contributed by atoms with E-state index in [0.717, 1.165) is 0 Å². The van der Waals surface area contributed by atoms with Gasteiger partial charge in [0, 0.05) is 25.4 Å². The summed E-state index contributed by atoms with van der Waals surface area (Å²) < 4.78 is 10.9. The highest BCUT2D eigenvalue weighted by atomic mass is 16.6. The second-order valence-corrected chi connectivity index (χ2v) is 8.03. The Morgan fingerprint density at radius 2 is 1.96 bits per heavy atom. The molecule has 1 heterocycles. The third-order valence-electron chi connectivity index (χ3n) is 4.73. The molecule has 26 heavy (non-hydrogen) atoms. The number of amides is 2. The Morgan fingerprint density at radius 1 is 1.27 bits per heavy atom. The molecule has 8 nitrogen and oxygen atoms in total. The highest BCUT2D eigenvalue weighted by Crippen LogP contribution is 2.29. The summed E-state index contributed by atoms with van der Waals surface area (Å²) in [7, 11) is 0. The largest absolute Gasteiger partial charge is 0.460 e. The summed E-state index contributed by atoms with van der Waals surface area (Å²) in [6.07, 6.45) is 1.72. The fourth-order valence-corrected chi connectivity index (χ4v) is 3.51. The summed E-state index contributed by atoms with van der Waals surface area (Å²) in [5.41, 5.74) is 5.25. The van der Waals surface area contributed by atoms with Crippen molar-refractivity contribution < 1.29 is 23.9 Å². The molecule has 2 rings (SSSR count). The lowest BCUT2D eigenvalue weighted by molar-refractivity contribution is -0.157. The van der Waals surface area contributed by atoms with Crippen LogP contribution in [-0.2, 0) is 19.1 Å². The van der Waals surface area contributed by atoms with Crippen LogP contribution in [0.25, 0.3) is 0 Å². The van der Waals surface area contributed by atoms with Crippen molar-refractivity contribution in [3.63, 3.8) is 0 Å². The van der Waals surface area contributed by atoms with E-state index in [4.69, 9.17) is 15.2 Å². The van der Waals surface area contributed by atoms with Crippen LogP contribution in [-0.4, -0.2) is 59.2 Å². The number of alkyl carbamates (subject to hydrolysis) is 1. The van der Waals surface area contributed by atoms with E-state index in [2.05, 4.69) is 5.32 Å². The van der Waals surface area contributed by atoms with Gasteiger partial charge in [-0.2, -0.15) is 0 Å². The predicted octanol–water partition coefficient (Wildman–Crippen LogP) is 1.31. The second kappa shape index (κ2) is 8.24. The molecule has 8 heteroatoms. The molecule has 1 saturated heterocycles. The molecule has 1 aliphatic heterocycles. The summed E-state index contributed by atoms with van der Waals surface area (Å²) >= 11 is 0. The van der Waals surface area contributed by atoms with Crippen molar-refractivity contribution in [1.29, 1.82) is 0 Å². The van der Waals surface area contributed by atoms with E-state index in [1.54, 1.807) is 32.6 Å². The molecule has 0 aromatic heterocycles. The molecule has 2 amide bonds. The Balaban J connectivity index is 2.03. The van der Waals surface area contributed by atoms with Crippen molar-refractivity contribution in [3.8, 4) is 0 Å². The minimum absolute atomic E-state index is 0.0916. The zero-order chi connectivity index (χ0) is 19.5. The normalized spacial score (nSPS) is 29.4. The molecule has 0 aromatic rings. The van der Waals surface area contributed by atoms with Gasteiger partial charge in [0.2, 0.25) is 5.91 Å². The second-order valence-electron chi connectivity index (χ2n) is 8.03. The average molecular weight is 369 g/mol. The van der Waals surface area contributed by atoms with Crippen LogP contribution in [0.5, 0.6) is 0 Å². The van der Waals surface area contributed by atoms with Crippen molar-refractivity contribution in [2.75, 3.05) is 6.54 Å². The molecule has 1 saturated carbocycles. The van der Waals surface area contributed by atoms with Gasteiger partial charge in [-0.3, -0.25) is 9.59 Å². The number of nitrogens with two attached hydrogens (primary N) is 1. The van der Waals surface area contributed by atoms with Gasteiger partial charge in [0.25, 0.3) is 0 Å². The molecule has 0 aromatic carbocycles. The zero-order valence-corrected chi connectivity index (χ0v) is 16.1. The van der Waals surface area contributed by atoms with Crippen LogP contribution in [0, 0.1) is 0 Å². The molecule has 2 aliphatic rings. The number of hydrogen-bond donors (Lipinski definition) is 2. The first-order chi connectivity index (χ1) is 12.1. The number of rotatable bonds is 4. The number of ether oxygens (including phenoxy) is 2. The van der Waals surface area contributed by atoms with E-state index < -0.39 is 23.8 Å². The van der Waals surface area contributed by atoms with Gasteiger partial charge in [0.15, 0.2) is 0 Å². The Morgan fingerprint density at radius 3 is 2.50 bits per heavy atom. The molecule has 0 bridgehead atoms. The molecule has 4 atom stereocenters. The number of hydrogen-bond acceptors (Lipinski definition) is 6. The molecule has 0 radical (unpaired) electrons. The number of nitrogens with zero attached hydrogens (tertiary/aromatic N) is 1. The van der Waals surface area contributed by atoms with E-state index in [1.165, 1.54) is 0 Å². The molecular formula is C18H31N3O5. The highest BCUT2D eigenvalue weighted by Gasteiger charge is 2.42. The maximum atomic E-state index is 12.3. The topological polar surface area (TPSA) is 111 Å². The van der Waals surface area contributed by atoms with Gasteiger partial charge in [-0.05, 0) is 40.0 Å². The van der Waals surface area contributed by atoms with E-state index in [1.807, 2.05) is 0 Å². The standard InChI is InChI=1S/C18H31N3O5/c1-5-15(22)25-14-10-11(20-17(24)26-18(2,3)4)6-7-13(14)21-9-8-12(19)16(21)23/h11-14H,5-10,19H2,1-4H3,(H,20,24)/t11-,12+,13+,14?/m1/s1. The van der Waals surface area contributed by atoms with Crippen LogP contribution in [0.4, 0.5) is 4.79 Å². The number of carbonyl (C=O) groups excluding carboxylic acids is 3. The van der Waals surface area contributed by atoms with Gasteiger partial charge < -0.3 is 25.4 Å². The van der Waals surface area contributed by atoms with Gasteiger partial charge in [0.1, 0.15) is 11.7 Å². The minimum atomic E-state index is -0.576. The van der Waals surface area contributed by atoms with Crippen LogP contribution in [0.1, 0.15) is 59.8 Å². The van der Waals surface area contributed by atoms with Crippen LogP contribution >= 0.6 is 0 Å². The lowest BCUT2D eigenvalue weighted by atomic mass is 9.87. The summed E-state index contributed by atoms with van der Waals surface area (Å²) in [6.45, 7) is 7.72. The first-order valence-corrected chi connectivity index (χ1v) is 9.35. The molecule has 3 N–H and O–H groups in total. The Kier molecular flexibility index (Phi) is 6.49. The first kappa shape index (κ1) is 20.5. The van der Waals surface area contributed by atoms with Gasteiger partial charge >= 0.3 is 12.1 Å². The third kappa shape index (κ3) is 5.33. The molecule has 1 aliphatic carbocycles. The maximum Gasteiger partial charge on any atom is 0.407 e. The fraction of sp³-hybridized carbons (Fsp3) is 0.833. The quantitative estimate of drug-likeness (QED) is 0.723. The first-order valence-electron chi connectivity index (χ1n) is 9.35. The van der Waals surface area contributed by atoms with Crippen molar-refractivity contribution >= 4 is 18.0 Å². The Hall–Kier alpha value is -1.83. The van der Waals surface area contributed by atoms with Gasteiger partial charge in [-0.1, -0.05) is 6.92 Å². The van der Waals surface area contributed by atoms with Gasteiger partial charge in [-0.25, -0.2) is 4.79 Å². The van der Waals surface area contributed by atoms with E-state index in [0.29, 0.717) is 32.2 Å². The Bertz CT molecular complexity index is 545. The fourth-order valence-electron chi connectivity index (χ4n) is 3.51. The smallest absolute Gasteiger partial charge is 0.407 e. The van der Waals surface area contributed by atoms with E-state index >= 15 is 0 Å². The van der Waals surface area contributed by atoms with Crippen LogP contribution in [0.3, 0.4) is 0 Å². The van der Waals surface area contributed by atoms with Gasteiger partial charge in [0.05, 0.1) is 12.1 Å². The minimum Gasteiger partial charge on any atom is -0.460 e. The summed E-state index contributed by atoms with van der Waals surface area (Å²) in [5, 5.41) is 2.85. The average Bonchev–Trinajstić information content (AvgIpc) is 2.85. The molecular weight excluding hydrogens is 338 g/mol. The number of carbonyl (C=O) groups is 3. The highest BCUT2D eigenvalue weighted by molar-refractivity contribution is 5.84. The van der Waals surface area contributed by atoms with Crippen molar-refractivity contribution in [2.45, 2.75) is 89.6 Å². The third-order valence-corrected chi connectivity index (χ3v) is 4.73. The van der Waals surface area contributed by atoms with Crippen molar-refractivity contribution in [2.24, 2.45) is 5.73 Å². The number of likely N-dealkylation sites (tertiary alicyclic amines) is 1. The lowest BCUT2D eigenvalue weighted by Crippen LogP contribution is -2.54. The summed E-state index contributed by atoms with van der Waals surface area (Å²) in [5.74, 6) is -0.403. The van der Waals surface area contributed by atoms with Gasteiger partial charge in [-0.15, -0.1) is 0 Å². The van der Waals surface area contributed by atoms with Crippen molar-refractivity contribution in [1.82, 2.24) is 10.2 Å². The Labute approximate surface area is 154 Å². The SMILES string of the molecule is CCC(=O)OC1C[C@H](NC(=O)OC(C)(C)C)CC[C@@H]1N1CC[C@H](N)C1=O. The summed E-state index contributed by atoms with van der Waals surface area (Å²) in [4.78, 5) is 37.9. The molecule has 1 unspecified atom stereocenters.